The lowest BCUT2D eigenvalue weighted by molar-refractivity contribution is -0.399. The molecular weight excluding hydrogens is 169 g/mol. The van der Waals surface area contributed by atoms with Crippen molar-refractivity contribution in [2.75, 3.05) is 0 Å². The molecule has 13 heavy (non-hydrogen) atoms. The van der Waals surface area contributed by atoms with Gasteiger partial charge in [0.1, 0.15) is 11.9 Å². The first-order valence-corrected chi connectivity index (χ1v) is 4.28. The lowest BCUT2D eigenvalue weighted by atomic mass is 10.0. The number of rotatable bonds is 3. The molecule has 0 aliphatic carbocycles. The van der Waals surface area contributed by atoms with Crippen LogP contribution in [0.1, 0.15) is 23.7 Å². The Labute approximate surface area is 76.6 Å². The molecule has 0 saturated carbocycles. The molecule has 1 aromatic rings. The third-order valence-electron chi connectivity index (χ3n) is 1.99. The predicted octanol–water partition coefficient (Wildman–Crippen LogP) is 1.03. The van der Waals surface area contributed by atoms with Crippen LogP contribution in [0.5, 0.6) is 0 Å². The molecule has 70 valence electrons. The molecule has 1 aromatic carbocycles. The Morgan fingerprint density at radius 1 is 1.46 bits per heavy atom. The van der Waals surface area contributed by atoms with Crippen molar-refractivity contribution in [2.24, 2.45) is 0 Å². The highest BCUT2D eigenvalue weighted by Crippen LogP contribution is 2.05. The van der Waals surface area contributed by atoms with Gasteiger partial charge in [0.05, 0.1) is 0 Å². The van der Waals surface area contributed by atoms with Gasteiger partial charge < -0.3 is 5.73 Å². The third kappa shape index (κ3) is 2.36. The number of ketones is 1. The summed E-state index contributed by atoms with van der Waals surface area (Å²) in [4.78, 5) is 11.5. The summed E-state index contributed by atoms with van der Waals surface area (Å²) in [5.41, 5.74) is 4.24. The first kappa shape index (κ1) is 9.86. The summed E-state index contributed by atoms with van der Waals surface area (Å²) in [6.45, 7) is 1.90. The number of quaternary nitrogens is 1. The van der Waals surface area contributed by atoms with Crippen LogP contribution in [0.2, 0.25) is 0 Å². The minimum atomic E-state index is -0.325. The summed E-state index contributed by atoms with van der Waals surface area (Å²) in [6.07, 6.45) is 0.705. The zero-order valence-electron chi connectivity index (χ0n) is 7.59. The molecule has 0 aliphatic heterocycles. The fourth-order valence-electron chi connectivity index (χ4n) is 1.04. The summed E-state index contributed by atoms with van der Waals surface area (Å²) in [7, 11) is 0. The van der Waals surface area contributed by atoms with Gasteiger partial charge in [-0.25, -0.2) is 4.39 Å². The Morgan fingerprint density at radius 3 is 2.46 bits per heavy atom. The highest BCUT2D eigenvalue weighted by molar-refractivity contribution is 5.98. The normalized spacial score (nSPS) is 12.5. The van der Waals surface area contributed by atoms with Crippen molar-refractivity contribution in [3.8, 4) is 0 Å². The van der Waals surface area contributed by atoms with Gasteiger partial charge in [0.15, 0.2) is 0 Å². The monoisotopic (exact) mass is 182 g/mol. The van der Waals surface area contributed by atoms with Crippen molar-refractivity contribution in [1.29, 1.82) is 0 Å². The first-order valence-electron chi connectivity index (χ1n) is 4.28. The zero-order valence-corrected chi connectivity index (χ0v) is 7.59. The van der Waals surface area contributed by atoms with Crippen LogP contribution in [0.15, 0.2) is 24.3 Å². The minimum absolute atomic E-state index is 0.0255. The summed E-state index contributed by atoms with van der Waals surface area (Å²) in [6, 6.07) is 5.33. The first-order chi connectivity index (χ1) is 6.15. The Bertz CT molecular complexity index is 294. The molecule has 0 amide bonds. The molecule has 0 fully saturated rings. The van der Waals surface area contributed by atoms with Crippen LogP contribution < -0.4 is 5.73 Å². The predicted molar refractivity (Wildman–Crippen MR) is 47.7 cm³/mol. The molecule has 0 radical (unpaired) electrons. The second kappa shape index (κ2) is 4.14. The lowest BCUT2D eigenvalue weighted by Crippen LogP contribution is -2.64. The van der Waals surface area contributed by atoms with E-state index in [0.717, 1.165) is 0 Å². The average molecular weight is 182 g/mol. The number of carbonyl (C=O) groups is 1. The van der Waals surface area contributed by atoms with Crippen LogP contribution in [0.4, 0.5) is 4.39 Å². The molecule has 0 spiro atoms. The number of hydrogen-bond donors (Lipinski definition) is 1. The molecule has 1 unspecified atom stereocenters. The van der Waals surface area contributed by atoms with Crippen molar-refractivity contribution in [1.82, 2.24) is 0 Å². The Morgan fingerprint density at radius 2 is 2.00 bits per heavy atom. The minimum Gasteiger partial charge on any atom is -0.349 e. The van der Waals surface area contributed by atoms with Gasteiger partial charge in [0, 0.05) is 12.0 Å². The fourth-order valence-corrected chi connectivity index (χ4v) is 1.04. The second-order valence-electron chi connectivity index (χ2n) is 2.98. The molecule has 0 aliphatic rings. The lowest BCUT2D eigenvalue weighted by Gasteiger charge is -2.03. The van der Waals surface area contributed by atoms with E-state index in [0.29, 0.717) is 12.0 Å². The summed E-state index contributed by atoms with van der Waals surface area (Å²) in [5, 5.41) is 0. The Kier molecular flexibility index (Phi) is 3.14. The average Bonchev–Trinajstić information content (AvgIpc) is 2.17. The van der Waals surface area contributed by atoms with Crippen LogP contribution in [-0.4, -0.2) is 11.8 Å². The molecular formula is C10H13FNO+. The topological polar surface area (TPSA) is 44.7 Å². The standard InChI is InChI=1S/C10H12FNO/c1-2-9(12)10(13)7-3-5-8(11)6-4-7/h3-6,9H,2,12H2,1H3/p+1. The van der Waals surface area contributed by atoms with Gasteiger partial charge >= 0.3 is 0 Å². The number of Topliss-reactive ketones (excluding diaryl/α,β-unsaturated/α-hetero) is 1. The summed E-state index contributed by atoms with van der Waals surface area (Å²) < 4.78 is 12.5. The van der Waals surface area contributed by atoms with Crippen molar-refractivity contribution in [3.05, 3.63) is 35.6 Å². The van der Waals surface area contributed by atoms with Crippen molar-refractivity contribution in [2.45, 2.75) is 19.4 Å². The maximum atomic E-state index is 12.5. The van der Waals surface area contributed by atoms with Crippen LogP contribution >= 0.6 is 0 Å². The van der Waals surface area contributed by atoms with Crippen molar-refractivity contribution >= 4 is 5.78 Å². The van der Waals surface area contributed by atoms with Crippen LogP contribution in [0.3, 0.4) is 0 Å². The molecule has 1 atom stereocenters. The molecule has 0 aromatic heterocycles. The van der Waals surface area contributed by atoms with E-state index in [4.69, 9.17) is 0 Å². The van der Waals surface area contributed by atoms with E-state index < -0.39 is 0 Å². The number of benzene rings is 1. The molecule has 3 heteroatoms. The van der Waals surface area contributed by atoms with Gasteiger partial charge in [0.2, 0.25) is 5.78 Å². The number of halogens is 1. The van der Waals surface area contributed by atoms with Gasteiger partial charge in [0.25, 0.3) is 0 Å². The van der Waals surface area contributed by atoms with Crippen LogP contribution in [-0.2, 0) is 0 Å². The summed E-state index contributed by atoms with van der Waals surface area (Å²) in [5.74, 6) is -0.351. The van der Waals surface area contributed by atoms with Crippen LogP contribution in [0.25, 0.3) is 0 Å². The third-order valence-corrected chi connectivity index (χ3v) is 1.99. The zero-order chi connectivity index (χ0) is 9.84. The maximum Gasteiger partial charge on any atom is 0.219 e. The van der Waals surface area contributed by atoms with Gasteiger partial charge in [-0.2, -0.15) is 0 Å². The van der Waals surface area contributed by atoms with Gasteiger partial charge in [-0.15, -0.1) is 0 Å². The molecule has 0 saturated heterocycles. The molecule has 2 nitrogen and oxygen atoms in total. The van der Waals surface area contributed by atoms with E-state index in [2.05, 4.69) is 5.73 Å². The molecule has 0 bridgehead atoms. The van der Waals surface area contributed by atoms with E-state index in [1.807, 2.05) is 6.92 Å². The van der Waals surface area contributed by atoms with E-state index >= 15 is 0 Å². The van der Waals surface area contributed by atoms with Crippen LogP contribution in [0, 0.1) is 5.82 Å². The summed E-state index contributed by atoms with van der Waals surface area (Å²) >= 11 is 0. The maximum absolute atomic E-state index is 12.5. The van der Waals surface area contributed by atoms with Crippen molar-refractivity contribution in [3.63, 3.8) is 0 Å². The number of carbonyl (C=O) groups excluding carboxylic acids is 1. The SMILES string of the molecule is CCC([NH3+])C(=O)c1ccc(F)cc1. The highest BCUT2D eigenvalue weighted by atomic mass is 19.1. The largest absolute Gasteiger partial charge is 0.349 e. The molecule has 0 heterocycles. The van der Waals surface area contributed by atoms with E-state index in [1.165, 1.54) is 24.3 Å². The molecule has 3 N–H and O–H groups in total. The highest BCUT2D eigenvalue weighted by Gasteiger charge is 2.16. The second-order valence-corrected chi connectivity index (χ2v) is 2.98. The molecule has 1 rings (SSSR count). The van der Waals surface area contributed by atoms with Crippen molar-refractivity contribution < 1.29 is 14.9 Å². The van der Waals surface area contributed by atoms with Gasteiger partial charge in [-0.05, 0) is 24.3 Å². The number of hydrogen-bond acceptors (Lipinski definition) is 1. The Balaban J connectivity index is 2.83. The van der Waals surface area contributed by atoms with E-state index in [-0.39, 0.29) is 17.6 Å². The van der Waals surface area contributed by atoms with E-state index in [1.54, 1.807) is 0 Å². The fraction of sp³-hybridized carbons (Fsp3) is 0.300. The Hall–Kier alpha value is -1.22. The van der Waals surface area contributed by atoms with E-state index in [9.17, 15) is 9.18 Å². The smallest absolute Gasteiger partial charge is 0.219 e. The van der Waals surface area contributed by atoms with Gasteiger partial charge in [-0.3, -0.25) is 4.79 Å². The quantitative estimate of drug-likeness (QED) is 0.697. The van der Waals surface area contributed by atoms with Gasteiger partial charge in [-0.1, -0.05) is 6.92 Å².